The number of aryl methyl sites for hydroxylation is 1. The fourth-order valence-electron chi connectivity index (χ4n) is 2.71. The van der Waals surface area contributed by atoms with Crippen LogP contribution in [-0.4, -0.2) is 50.4 Å². The van der Waals surface area contributed by atoms with E-state index in [1.165, 1.54) is 5.56 Å². The van der Waals surface area contributed by atoms with Crippen molar-refractivity contribution in [2.75, 3.05) is 38.6 Å². The third kappa shape index (κ3) is 4.56. The lowest BCUT2D eigenvalue weighted by Gasteiger charge is -2.29. The summed E-state index contributed by atoms with van der Waals surface area (Å²) in [6.07, 6.45) is 2.76. The van der Waals surface area contributed by atoms with Crippen LogP contribution in [0.4, 0.5) is 5.69 Å². The van der Waals surface area contributed by atoms with Gasteiger partial charge in [-0.25, -0.2) is 0 Å². The molecule has 0 atom stereocenters. The second-order valence-electron chi connectivity index (χ2n) is 5.96. The van der Waals surface area contributed by atoms with Crippen molar-refractivity contribution in [3.63, 3.8) is 0 Å². The Morgan fingerprint density at radius 2 is 2.05 bits per heavy atom. The first-order chi connectivity index (χ1) is 10.6. The number of nitrogens with zero attached hydrogens (tertiary/aromatic N) is 2. The maximum atomic E-state index is 12.4. The number of hydrogen-bond donors (Lipinski definition) is 1. The molecule has 0 aromatic heterocycles. The van der Waals surface area contributed by atoms with Gasteiger partial charge in [0.15, 0.2) is 0 Å². The summed E-state index contributed by atoms with van der Waals surface area (Å²) >= 11 is 0. The Balaban J connectivity index is 1.84. The zero-order valence-corrected chi connectivity index (χ0v) is 13.5. The van der Waals surface area contributed by atoms with Gasteiger partial charge in [0.05, 0.1) is 0 Å². The number of para-hydroxylation sites is 1. The number of carbonyl (C=O) groups is 2. The van der Waals surface area contributed by atoms with Crippen LogP contribution >= 0.6 is 0 Å². The van der Waals surface area contributed by atoms with Crippen LogP contribution in [0, 0.1) is 0 Å². The molecule has 1 N–H and O–H groups in total. The molecule has 5 nitrogen and oxygen atoms in total. The van der Waals surface area contributed by atoms with Gasteiger partial charge in [-0.15, -0.1) is 0 Å². The summed E-state index contributed by atoms with van der Waals surface area (Å²) in [4.78, 5) is 28.1. The largest absolute Gasteiger partial charge is 0.356 e. The molecule has 0 saturated heterocycles. The Kier molecular flexibility index (Phi) is 5.95. The lowest BCUT2D eigenvalue weighted by atomic mass is 10.0. The Morgan fingerprint density at radius 1 is 1.27 bits per heavy atom. The summed E-state index contributed by atoms with van der Waals surface area (Å²) in [7, 11) is 4.00. The number of benzene rings is 1. The number of nitrogens with one attached hydrogen (secondary N) is 1. The third-order valence-corrected chi connectivity index (χ3v) is 3.83. The van der Waals surface area contributed by atoms with Gasteiger partial charge in [-0.2, -0.15) is 0 Å². The van der Waals surface area contributed by atoms with Crippen molar-refractivity contribution < 1.29 is 9.59 Å². The van der Waals surface area contributed by atoms with Gasteiger partial charge in [0.1, 0.15) is 6.42 Å². The molecule has 5 heteroatoms. The molecule has 120 valence electrons. The van der Waals surface area contributed by atoms with Gasteiger partial charge in [-0.1, -0.05) is 18.2 Å². The molecule has 1 aromatic carbocycles. The number of fused-ring (bicyclic) bond motifs is 1. The average molecular weight is 303 g/mol. The highest BCUT2D eigenvalue weighted by atomic mass is 16.2. The number of anilines is 1. The summed E-state index contributed by atoms with van der Waals surface area (Å²) in [5, 5.41) is 2.82. The van der Waals surface area contributed by atoms with Gasteiger partial charge >= 0.3 is 0 Å². The molecule has 0 fully saturated rings. The molecule has 0 radical (unpaired) electrons. The van der Waals surface area contributed by atoms with Crippen molar-refractivity contribution >= 4 is 17.5 Å². The molecule has 0 saturated carbocycles. The fraction of sp³-hybridized carbons (Fsp3) is 0.529. The molecule has 1 aliphatic rings. The van der Waals surface area contributed by atoms with Gasteiger partial charge in [0.2, 0.25) is 11.8 Å². The monoisotopic (exact) mass is 303 g/mol. The quantitative estimate of drug-likeness (QED) is 0.639. The van der Waals surface area contributed by atoms with Crippen LogP contribution in [0.1, 0.15) is 24.8 Å². The minimum Gasteiger partial charge on any atom is -0.356 e. The highest BCUT2D eigenvalue weighted by Crippen LogP contribution is 2.27. The van der Waals surface area contributed by atoms with Crippen molar-refractivity contribution in [2.45, 2.75) is 25.7 Å². The van der Waals surface area contributed by atoms with E-state index in [-0.39, 0.29) is 18.2 Å². The van der Waals surface area contributed by atoms with Gasteiger partial charge in [-0.05, 0) is 51.5 Å². The van der Waals surface area contributed by atoms with Crippen LogP contribution in [-0.2, 0) is 16.0 Å². The van der Waals surface area contributed by atoms with Crippen LogP contribution in [0.15, 0.2) is 24.3 Å². The highest BCUT2D eigenvalue weighted by Gasteiger charge is 2.23. The van der Waals surface area contributed by atoms with Crippen molar-refractivity contribution in [1.29, 1.82) is 0 Å². The summed E-state index contributed by atoms with van der Waals surface area (Å²) < 4.78 is 0. The van der Waals surface area contributed by atoms with Crippen LogP contribution in [0.2, 0.25) is 0 Å². The molecule has 1 aliphatic heterocycles. The Morgan fingerprint density at radius 3 is 2.82 bits per heavy atom. The lowest BCUT2D eigenvalue weighted by Crippen LogP contribution is -2.39. The molecule has 22 heavy (non-hydrogen) atoms. The molecule has 0 bridgehead atoms. The van der Waals surface area contributed by atoms with Crippen LogP contribution < -0.4 is 10.2 Å². The predicted octanol–water partition coefficient (Wildman–Crippen LogP) is 1.42. The minimum absolute atomic E-state index is 0.0731. The van der Waals surface area contributed by atoms with Gasteiger partial charge in [0, 0.05) is 18.8 Å². The van der Waals surface area contributed by atoms with Crippen LogP contribution in [0.5, 0.6) is 0 Å². The zero-order chi connectivity index (χ0) is 15.9. The predicted molar refractivity (Wildman–Crippen MR) is 87.9 cm³/mol. The lowest BCUT2D eigenvalue weighted by molar-refractivity contribution is -0.128. The second-order valence-corrected chi connectivity index (χ2v) is 5.96. The van der Waals surface area contributed by atoms with Gasteiger partial charge in [-0.3, -0.25) is 9.59 Å². The molecular weight excluding hydrogens is 278 g/mol. The van der Waals surface area contributed by atoms with E-state index >= 15 is 0 Å². The highest BCUT2D eigenvalue weighted by molar-refractivity contribution is 6.05. The molecule has 0 aliphatic carbocycles. The van der Waals surface area contributed by atoms with Crippen molar-refractivity contribution in [3.05, 3.63) is 29.8 Å². The molecule has 1 heterocycles. The first kappa shape index (κ1) is 16.5. The molecule has 2 amide bonds. The number of carbonyl (C=O) groups excluding carboxylic acids is 2. The van der Waals surface area contributed by atoms with Crippen molar-refractivity contribution in [2.24, 2.45) is 0 Å². The van der Waals surface area contributed by atoms with E-state index in [1.54, 1.807) is 4.90 Å². The smallest absolute Gasteiger partial charge is 0.236 e. The topological polar surface area (TPSA) is 52.7 Å². The van der Waals surface area contributed by atoms with Crippen molar-refractivity contribution in [3.8, 4) is 0 Å². The second kappa shape index (κ2) is 7.94. The van der Waals surface area contributed by atoms with E-state index in [1.807, 2.05) is 32.3 Å². The molecular formula is C17H25N3O2. The standard InChI is InChI=1S/C17H25N3O2/c1-19(2)11-6-10-18-16(21)13-17(22)20-12-5-8-14-7-3-4-9-15(14)20/h3-4,7,9H,5-6,8,10-13H2,1-2H3,(H,18,21). The maximum absolute atomic E-state index is 12.4. The minimum atomic E-state index is -0.188. The summed E-state index contributed by atoms with van der Waals surface area (Å²) in [6, 6.07) is 7.94. The van der Waals surface area contributed by atoms with E-state index in [4.69, 9.17) is 0 Å². The summed E-state index contributed by atoms with van der Waals surface area (Å²) in [6.45, 7) is 2.23. The average Bonchev–Trinajstić information content (AvgIpc) is 2.50. The first-order valence-corrected chi connectivity index (χ1v) is 7.87. The van der Waals surface area contributed by atoms with Crippen molar-refractivity contribution in [1.82, 2.24) is 10.2 Å². The Bertz CT molecular complexity index is 528. The molecule has 1 aromatic rings. The van der Waals surface area contributed by atoms with E-state index in [0.717, 1.165) is 31.5 Å². The molecule has 2 rings (SSSR count). The number of hydrogen-bond acceptors (Lipinski definition) is 3. The van der Waals surface area contributed by atoms with Crippen LogP contribution in [0.25, 0.3) is 0 Å². The third-order valence-electron chi connectivity index (χ3n) is 3.83. The fourth-order valence-corrected chi connectivity index (χ4v) is 2.71. The summed E-state index contributed by atoms with van der Waals surface area (Å²) in [5.41, 5.74) is 2.15. The van der Waals surface area contributed by atoms with E-state index in [0.29, 0.717) is 13.1 Å². The SMILES string of the molecule is CN(C)CCCNC(=O)CC(=O)N1CCCc2ccccc21. The van der Waals surface area contributed by atoms with Crippen LogP contribution in [0.3, 0.4) is 0 Å². The molecule has 0 spiro atoms. The number of rotatable bonds is 6. The van der Waals surface area contributed by atoms with Gasteiger partial charge < -0.3 is 15.1 Å². The Hall–Kier alpha value is -1.88. The molecule has 0 unspecified atom stereocenters. The maximum Gasteiger partial charge on any atom is 0.236 e. The normalized spacial score (nSPS) is 13.9. The first-order valence-electron chi connectivity index (χ1n) is 7.87. The number of amides is 2. The zero-order valence-electron chi connectivity index (χ0n) is 13.5. The Labute approximate surface area is 132 Å². The summed E-state index contributed by atoms with van der Waals surface area (Å²) in [5.74, 6) is -0.302. The van der Waals surface area contributed by atoms with E-state index in [2.05, 4.69) is 16.3 Å². The van der Waals surface area contributed by atoms with Gasteiger partial charge in [0.25, 0.3) is 0 Å². The van der Waals surface area contributed by atoms with E-state index < -0.39 is 0 Å². The van der Waals surface area contributed by atoms with E-state index in [9.17, 15) is 9.59 Å².